The zero-order valence-corrected chi connectivity index (χ0v) is 10.2. The fourth-order valence-electron chi connectivity index (χ4n) is 1.98. The van der Waals surface area contributed by atoms with Crippen LogP contribution in [0, 0.1) is 11.2 Å². The van der Waals surface area contributed by atoms with E-state index >= 15 is 0 Å². The van der Waals surface area contributed by atoms with E-state index in [1.807, 2.05) is 20.8 Å². The summed E-state index contributed by atoms with van der Waals surface area (Å²) >= 11 is 0. The van der Waals surface area contributed by atoms with E-state index in [0.717, 1.165) is 0 Å². The normalized spacial score (nSPS) is 16.6. The summed E-state index contributed by atoms with van der Waals surface area (Å²) in [6.07, 6.45) is -0.574. The van der Waals surface area contributed by atoms with Gasteiger partial charge in [0.1, 0.15) is 5.82 Å². The molecule has 1 heterocycles. The molecule has 0 aromatic heterocycles. The van der Waals surface area contributed by atoms with Crippen LogP contribution in [0.4, 0.5) is 10.1 Å². The van der Waals surface area contributed by atoms with Crippen LogP contribution < -0.4 is 5.32 Å². The van der Waals surface area contributed by atoms with Gasteiger partial charge in [0.2, 0.25) is 5.91 Å². The van der Waals surface area contributed by atoms with Gasteiger partial charge in [-0.25, -0.2) is 4.39 Å². The first-order valence-corrected chi connectivity index (χ1v) is 5.59. The maximum absolute atomic E-state index is 13.7. The van der Waals surface area contributed by atoms with Gasteiger partial charge >= 0.3 is 0 Å². The van der Waals surface area contributed by atoms with Gasteiger partial charge in [-0.1, -0.05) is 26.8 Å². The van der Waals surface area contributed by atoms with E-state index in [4.69, 9.17) is 0 Å². The third kappa shape index (κ3) is 2.17. The summed E-state index contributed by atoms with van der Waals surface area (Å²) in [6.45, 7) is 5.64. The summed E-state index contributed by atoms with van der Waals surface area (Å²) in [7, 11) is 0. The smallest absolute Gasteiger partial charge is 0.228 e. The number of carbonyl (C=O) groups excluding carboxylic acids is 1. The molecule has 17 heavy (non-hydrogen) atoms. The number of aliphatic hydroxyl groups excluding tert-OH is 1. The van der Waals surface area contributed by atoms with Crippen molar-refractivity contribution in [1.82, 2.24) is 0 Å². The van der Waals surface area contributed by atoms with Crippen LogP contribution in [-0.2, 0) is 11.2 Å². The number of halogens is 1. The molecule has 0 fully saturated rings. The van der Waals surface area contributed by atoms with E-state index in [1.165, 1.54) is 6.07 Å². The summed E-state index contributed by atoms with van der Waals surface area (Å²) in [6, 6.07) is 2.99. The number of nitrogens with one attached hydrogen (secondary N) is 1. The number of benzene rings is 1. The van der Waals surface area contributed by atoms with Crippen molar-refractivity contribution in [2.75, 3.05) is 5.32 Å². The predicted octanol–water partition coefficient (Wildman–Crippen LogP) is 2.40. The first-order valence-electron chi connectivity index (χ1n) is 5.59. The van der Waals surface area contributed by atoms with Crippen molar-refractivity contribution in [3.05, 3.63) is 29.1 Å². The lowest BCUT2D eigenvalue weighted by Crippen LogP contribution is -2.18. The van der Waals surface area contributed by atoms with Crippen molar-refractivity contribution in [2.24, 2.45) is 5.41 Å². The molecule has 1 aromatic carbocycles. The van der Waals surface area contributed by atoms with Crippen LogP contribution in [0.25, 0.3) is 0 Å². The molecule has 0 bridgehead atoms. The quantitative estimate of drug-likeness (QED) is 0.788. The Morgan fingerprint density at radius 3 is 2.65 bits per heavy atom. The number of amides is 1. The molecule has 0 saturated heterocycles. The maximum Gasteiger partial charge on any atom is 0.228 e. The topological polar surface area (TPSA) is 49.3 Å². The Bertz CT molecular complexity index is 477. The standard InChI is InChI=1S/C13H16FNO2/c1-13(2,3)12(17)8-4-7-6-10(16)15-11(7)9(14)5-8/h4-5,12,17H,6H2,1-3H3,(H,15,16). The number of hydrogen-bond acceptors (Lipinski definition) is 2. The van der Waals surface area contributed by atoms with Gasteiger partial charge in [-0.15, -0.1) is 0 Å². The highest BCUT2D eigenvalue weighted by Crippen LogP contribution is 2.36. The van der Waals surface area contributed by atoms with Crippen LogP contribution in [0.15, 0.2) is 12.1 Å². The van der Waals surface area contributed by atoms with Crippen molar-refractivity contribution in [3.8, 4) is 0 Å². The van der Waals surface area contributed by atoms with Crippen molar-refractivity contribution in [1.29, 1.82) is 0 Å². The zero-order valence-electron chi connectivity index (χ0n) is 10.2. The fourth-order valence-corrected chi connectivity index (χ4v) is 1.98. The molecule has 0 radical (unpaired) electrons. The molecule has 3 nitrogen and oxygen atoms in total. The van der Waals surface area contributed by atoms with Gasteiger partial charge in [0.25, 0.3) is 0 Å². The van der Waals surface area contributed by atoms with Crippen LogP contribution in [0.5, 0.6) is 0 Å². The molecule has 1 aliphatic rings. The van der Waals surface area contributed by atoms with Gasteiger partial charge in [-0.05, 0) is 22.6 Å². The van der Waals surface area contributed by atoms with E-state index in [9.17, 15) is 14.3 Å². The minimum absolute atomic E-state index is 0.178. The lowest BCUT2D eigenvalue weighted by Gasteiger charge is -2.26. The van der Waals surface area contributed by atoms with Crippen LogP contribution in [-0.4, -0.2) is 11.0 Å². The second-order valence-electron chi connectivity index (χ2n) is 5.53. The predicted molar refractivity (Wildman–Crippen MR) is 63.1 cm³/mol. The summed E-state index contributed by atoms with van der Waals surface area (Å²) in [4.78, 5) is 11.2. The number of rotatable bonds is 1. The molecule has 4 heteroatoms. The van der Waals surface area contributed by atoms with Gasteiger partial charge in [0.15, 0.2) is 0 Å². The average molecular weight is 237 g/mol. The Kier molecular flexibility index (Phi) is 2.70. The van der Waals surface area contributed by atoms with E-state index in [-0.39, 0.29) is 23.4 Å². The number of hydrogen-bond donors (Lipinski definition) is 2. The Hall–Kier alpha value is -1.42. The third-order valence-corrected chi connectivity index (χ3v) is 2.95. The first kappa shape index (κ1) is 12.0. The molecule has 1 atom stereocenters. The van der Waals surface area contributed by atoms with Crippen LogP contribution in [0.1, 0.15) is 38.0 Å². The van der Waals surface area contributed by atoms with Gasteiger partial charge in [0.05, 0.1) is 18.2 Å². The van der Waals surface area contributed by atoms with E-state index < -0.39 is 11.9 Å². The molecule has 92 valence electrons. The van der Waals surface area contributed by atoms with Crippen molar-refractivity contribution >= 4 is 11.6 Å². The third-order valence-electron chi connectivity index (χ3n) is 2.95. The van der Waals surface area contributed by atoms with Gasteiger partial charge in [0, 0.05) is 0 Å². The highest BCUT2D eigenvalue weighted by atomic mass is 19.1. The summed E-state index contributed by atoms with van der Waals surface area (Å²) < 4.78 is 13.7. The van der Waals surface area contributed by atoms with Crippen molar-refractivity contribution in [2.45, 2.75) is 33.3 Å². The summed E-state index contributed by atoms with van der Waals surface area (Å²) in [5, 5.41) is 12.6. The molecule has 2 N–H and O–H groups in total. The highest BCUT2D eigenvalue weighted by molar-refractivity contribution is 5.99. The number of aliphatic hydroxyl groups is 1. The second kappa shape index (κ2) is 3.81. The Balaban J connectivity index is 2.43. The monoisotopic (exact) mass is 237 g/mol. The minimum atomic E-state index is -0.752. The molecule has 1 amide bonds. The zero-order chi connectivity index (χ0) is 12.8. The summed E-state index contributed by atoms with van der Waals surface area (Å²) in [5.41, 5.74) is 1.02. The van der Waals surface area contributed by atoms with E-state index in [1.54, 1.807) is 6.07 Å². The van der Waals surface area contributed by atoms with Gasteiger partial charge < -0.3 is 10.4 Å². The molecule has 1 aliphatic heterocycles. The largest absolute Gasteiger partial charge is 0.388 e. The molecule has 0 aliphatic carbocycles. The fraction of sp³-hybridized carbons (Fsp3) is 0.462. The lowest BCUT2D eigenvalue weighted by atomic mass is 9.84. The maximum atomic E-state index is 13.7. The number of fused-ring (bicyclic) bond motifs is 1. The van der Waals surface area contributed by atoms with Crippen LogP contribution in [0.2, 0.25) is 0 Å². The van der Waals surface area contributed by atoms with Crippen molar-refractivity contribution < 1.29 is 14.3 Å². The number of carbonyl (C=O) groups is 1. The Labute approximate surface area is 99.7 Å². The first-order chi connectivity index (χ1) is 7.79. The summed E-state index contributed by atoms with van der Waals surface area (Å²) in [5.74, 6) is -0.687. The molecule has 0 saturated carbocycles. The highest BCUT2D eigenvalue weighted by Gasteiger charge is 2.28. The number of anilines is 1. The molecule has 1 aromatic rings. The molecular formula is C13H16FNO2. The van der Waals surface area contributed by atoms with Gasteiger partial charge in [-0.3, -0.25) is 4.79 Å². The van der Waals surface area contributed by atoms with Crippen molar-refractivity contribution in [3.63, 3.8) is 0 Å². The SMILES string of the molecule is CC(C)(C)C(O)c1cc(F)c2c(c1)CC(=O)N2. The Morgan fingerprint density at radius 1 is 1.41 bits per heavy atom. The van der Waals surface area contributed by atoms with Crippen LogP contribution in [0.3, 0.4) is 0 Å². The lowest BCUT2D eigenvalue weighted by molar-refractivity contribution is -0.115. The van der Waals surface area contributed by atoms with Gasteiger partial charge in [-0.2, -0.15) is 0 Å². The second-order valence-corrected chi connectivity index (χ2v) is 5.53. The van der Waals surface area contributed by atoms with E-state index in [0.29, 0.717) is 11.1 Å². The minimum Gasteiger partial charge on any atom is -0.388 e. The molecular weight excluding hydrogens is 221 g/mol. The molecule has 1 unspecified atom stereocenters. The average Bonchev–Trinajstić information content (AvgIpc) is 2.56. The van der Waals surface area contributed by atoms with E-state index in [2.05, 4.69) is 5.32 Å². The molecule has 2 rings (SSSR count). The molecule has 0 spiro atoms. The van der Waals surface area contributed by atoms with Crippen LogP contribution >= 0.6 is 0 Å². The Morgan fingerprint density at radius 2 is 2.06 bits per heavy atom.